The van der Waals surface area contributed by atoms with Crippen molar-refractivity contribution in [3.8, 4) is 0 Å². The van der Waals surface area contributed by atoms with Gasteiger partial charge in [0.15, 0.2) is 0 Å². The van der Waals surface area contributed by atoms with E-state index in [1.54, 1.807) is 0 Å². The van der Waals surface area contributed by atoms with E-state index in [0.29, 0.717) is 0 Å². The Morgan fingerprint density at radius 1 is 0.792 bits per heavy atom. The summed E-state index contributed by atoms with van der Waals surface area (Å²) >= 11 is 0. The van der Waals surface area contributed by atoms with Crippen LogP contribution in [0.4, 0.5) is 39.5 Å². The predicted octanol–water partition coefficient (Wildman–Crippen LogP) is 2.62. The summed E-state index contributed by atoms with van der Waals surface area (Å²) in [5, 5.41) is 1.69. The number of halogens is 9. The Hall–Kier alpha value is -0.760. The molecule has 0 saturated heterocycles. The van der Waals surface area contributed by atoms with E-state index in [4.69, 9.17) is 5.11 Å². The monoisotopic (exact) mass is 400 g/mol. The highest BCUT2D eigenvalue weighted by Crippen LogP contribution is 2.54. The van der Waals surface area contributed by atoms with Crippen LogP contribution in [0.2, 0.25) is 0 Å². The minimum atomic E-state index is -7.25. The van der Waals surface area contributed by atoms with Crippen molar-refractivity contribution in [2.45, 2.75) is 36.1 Å². The van der Waals surface area contributed by atoms with E-state index in [1.807, 2.05) is 0 Å². The van der Waals surface area contributed by atoms with Gasteiger partial charge in [-0.15, -0.1) is 0 Å². The first-order valence-electron chi connectivity index (χ1n) is 6.17. The molecule has 0 heterocycles. The number of unbranched alkanes of at least 4 members (excludes halogenated alkanes) is 1. The van der Waals surface area contributed by atoms with Gasteiger partial charge in [0.05, 0.1) is 19.0 Å². The van der Waals surface area contributed by atoms with Crippen molar-refractivity contribution in [2.75, 3.05) is 25.6 Å². The summed E-state index contributed by atoms with van der Waals surface area (Å²) in [7, 11) is -6.32. The molecule has 0 radical (unpaired) electrons. The van der Waals surface area contributed by atoms with Crippen molar-refractivity contribution in [1.29, 1.82) is 0 Å². The first kappa shape index (κ1) is 23.2. The Labute approximate surface area is 130 Å². The van der Waals surface area contributed by atoms with Gasteiger partial charge in [-0.1, -0.05) is 0 Å². The summed E-state index contributed by atoms with van der Waals surface area (Å²) in [6.45, 7) is -0.856. The second kappa shape index (κ2) is 7.64. The molecule has 0 spiro atoms. The Balaban J connectivity index is 5.19. The lowest BCUT2D eigenvalue weighted by molar-refractivity contribution is -0.382. The Bertz CT molecular complexity index is 501. The summed E-state index contributed by atoms with van der Waals surface area (Å²) < 4.78 is 140. The van der Waals surface area contributed by atoms with E-state index < -0.39 is 51.9 Å². The molecule has 0 aromatic carbocycles. The predicted molar refractivity (Wildman–Crippen MR) is 61.8 cm³/mol. The van der Waals surface area contributed by atoms with E-state index in [9.17, 15) is 47.9 Å². The molecule has 0 bridgehead atoms. The fraction of sp³-hybridized carbons (Fsp3) is 1.00. The zero-order chi connectivity index (χ0) is 19.4. The van der Waals surface area contributed by atoms with Gasteiger partial charge < -0.3 is 9.84 Å². The zero-order valence-electron chi connectivity index (χ0n) is 11.7. The van der Waals surface area contributed by atoms with E-state index >= 15 is 0 Å². The first-order chi connectivity index (χ1) is 10.6. The smallest absolute Gasteiger partial charge is 0.394 e. The van der Waals surface area contributed by atoms with Crippen LogP contribution in [0.1, 0.15) is 12.8 Å². The molecule has 24 heavy (non-hydrogen) atoms. The lowest BCUT2D eigenvalue weighted by Crippen LogP contribution is -2.63. The van der Waals surface area contributed by atoms with Crippen LogP contribution < -0.4 is 0 Å². The van der Waals surface area contributed by atoms with Gasteiger partial charge in [-0.05, 0) is 12.8 Å². The van der Waals surface area contributed by atoms with Gasteiger partial charge in [0.2, 0.25) is 9.84 Å². The number of aliphatic hydroxyl groups excluding tert-OH is 1. The second-order valence-corrected chi connectivity index (χ2v) is 6.68. The van der Waals surface area contributed by atoms with Crippen molar-refractivity contribution >= 4 is 9.84 Å². The molecule has 4 nitrogen and oxygen atoms in total. The van der Waals surface area contributed by atoms with E-state index in [0.717, 1.165) is 0 Å². The molecule has 146 valence electrons. The maximum atomic E-state index is 13.3. The van der Waals surface area contributed by atoms with Crippen LogP contribution in [0.15, 0.2) is 0 Å². The summed E-state index contributed by atoms with van der Waals surface area (Å²) in [5.41, 5.74) is 0. The largest absolute Gasteiger partial charge is 0.460 e. The third kappa shape index (κ3) is 4.45. The molecule has 0 unspecified atom stereocenters. The van der Waals surface area contributed by atoms with Crippen molar-refractivity contribution in [3.63, 3.8) is 0 Å². The van der Waals surface area contributed by atoms with Crippen LogP contribution >= 0.6 is 0 Å². The molecule has 0 aliphatic rings. The zero-order valence-corrected chi connectivity index (χ0v) is 12.5. The van der Waals surface area contributed by atoms with Crippen molar-refractivity contribution in [2.24, 2.45) is 0 Å². The quantitative estimate of drug-likeness (QED) is 0.453. The number of hydrogen-bond acceptors (Lipinski definition) is 4. The average Bonchev–Trinajstić information content (AvgIpc) is 2.40. The Morgan fingerprint density at radius 3 is 1.71 bits per heavy atom. The average molecular weight is 400 g/mol. The number of hydrogen-bond donors (Lipinski definition) is 1. The molecule has 14 heteroatoms. The lowest BCUT2D eigenvalue weighted by atomic mass is 10.1. The summed E-state index contributed by atoms with van der Waals surface area (Å²) in [5.74, 6) is -16.2. The SMILES string of the molecule is O=S(=O)(CCCCOCCO)C(F)(F)C(F)(F)C(F)(F)C(F)(F)F. The van der Waals surface area contributed by atoms with Crippen LogP contribution in [0.5, 0.6) is 0 Å². The first-order valence-corrected chi connectivity index (χ1v) is 7.82. The molecule has 0 aliphatic heterocycles. The van der Waals surface area contributed by atoms with Crippen molar-refractivity contribution in [1.82, 2.24) is 0 Å². The molecule has 0 saturated carbocycles. The minimum absolute atomic E-state index is 0.182. The molecule has 0 atom stereocenters. The molecule has 0 aromatic heterocycles. The summed E-state index contributed by atoms with van der Waals surface area (Å²) in [6, 6.07) is 0. The fourth-order valence-electron chi connectivity index (χ4n) is 1.35. The lowest BCUT2D eigenvalue weighted by Gasteiger charge is -2.33. The summed E-state index contributed by atoms with van der Waals surface area (Å²) in [6.07, 6.45) is -8.12. The van der Waals surface area contributed by atoms with Gasteiger partial charge in [0, 0.05) is 6.61 Å². The molecule has 0 fully saturated rings. The normalized spacial score (nSPS) is 14.9. The Kier molecular flexibility index (Phi) is 7.40. The van der Waals surface area contributed by atoms with Crippen molar-refractivity contribution < 1.29 is 57.8 Å². The highest BCUT2D eigenvalue weighted by Gasteiger charge is 2.84. The second-order valence-electron chi connectivity index (χ2n) is 4.53. The third-order valence-corrected chi connectivity index (χ3v) is 4.56. The maximum absolute atomic E-state index is 13.3. The number of aliphatic hydroxyl groups is 1. The number of alkyl halides is 9. The standard InChI is InChI=1S/C10H13F9O4S/c11-7(12,9(15,16)17)8(13,14)10(18,19)24(21,22)6-2-1-4-23-5-3-20/h20H,1-6H2. The molecule has 1 N–H and O–H groups in total. The highest BCUT2D eigenvalue weighted by molar-refractivity contribution is 7.92. The number of rotatable bonds is 10. The minimum Gasteiger partial charge on any atom is -0.394 e. The molecule has 0 rings (SSSR count). The van der Waals surface area contributed by atoms with Crippen LogP contribution in [-0.2, 0) is 14.6 Å². The molecular weight excluding hydrogens is 387 g/mol. The summed E-state index contributed by atoms with van der Waals surface area (Å²) in [4.78, 5) is 0. The van der Waals surface area contributed by atoms with Crippen LogP contribution in [0.25, 0.3) is 0 Å². The molecule has 0 aliphatic carbocycles. The van der Waals surface area contributed by atoms with Gasteiger partial charge in [-0.2, -0.15) is 39.5 Å². The van der Waals surface area contributed by atoms with Gasteiger partial charge >= 0.3 is 23.3 Å². The third-order valence-electron chi connectivity index (χ3n) is 2.69. The van der Waals surface area contributed by atoms with E-state index in [-0.39, 0.29) is 19.6 Å². The van der Waals surface area contributed by atoms with Crippen LogP contribution in [0, 0.1) is 0 Å². The maximum Gasteiger partial charge on any atom is 0.460 e. The topological polar surface area (TPSA) is 63.6 Å². The molecule has 0 aromatic rings. The van der Waals surface area contributed by atoms with Crippen LogP contribution in [-0.4, -0.2) is 62.4 Å². The van der Waals surface area contributed by atoms with Gasteiger partial charge in [0.25, 0.3) is 0 Å². The van der Waals surface area contributed by atoms with Gasteiger partial charge in [-0.25, -0.2) is 8.42 Å². The van der Waals surface area contributed by atoms with Crippen LogP contribution in [0.3, 0.4) is 0 Å². The molecule has 0 amide bonds. The van der Waals surface area contributed by atoms with E-state index in [2.05, 4.69) is 4.74 Å². The Morgan fingerprint density at radius 2 is 1.29 bits per heavy atom. The number of sulfone groups is 1. The van der Waals surface area contributed by atoms with Gasteiger partial charge in [0.1, 0.15) is 0 Å². The van der Waals surface area contributed by atoms with Gasteiger partial charge in [-0.3, -0.25) is 0 Å². The fourth-order valence-corrected chi connectivity index (χ4v) is 2.71. The van der Waals surface area contributed by atoms with Crippen molar-refractivity contribution in [3.05, 3.63) is 0 Å². The number of ether oxygens (including phenoxy) is 1. The molecular formula is C10H13F9O4S. The highest BCUT2D eigenvalue weighted by atomic mass is 32.2. The van der Waals surface area contributed by atoms with E-state index in [1.165, 1.54) is 0 Å².